The molecule has 164 valence electrons. The number of imidazole rings is 1. The fourth-order valence-electron chi connectivity index (χ4n) is 4.36. The summed E-state index contributed by atoms with van der Waals surface area (Å²) in [5.74, 6) is 0. The summed E-state index contributed by atoms with van der Waals surface area (Å²) < 4.78 is 7.68. The normalized spacial score (nSPS) is 14.2. The van der Waals surface area contributed by atoms with Gasteiger partial charge < -0.3 is 19.4 Å². The molecule has 0 radical (unpaired) electrons. The minimum Gasteiger partial charge on any atom is -0.378 e. The molecular formula is C26H29N5O. The van der Waals surface area contributed by atoms with E-state index in [1.807, 2.05) is 24.5 Å². The summed E-state index contributed by atoms with van der Waals surface area (Å²) in [6, 6.07) is 17.2. The summed E-state index contributed by atoms with van der Waals surface area (Å²) in [4.78, 5) is 11.5. The van der Waals surface area contributed by atoms with E-state index in [9.17, 15) is 0 Å². The number of hydrogen-bond acceptors (Lipinski definition) is 5. The summed E-state index contributed by atoms with van der Waals surface area (Å²) in [7, 11) is 0. The molecule has 1 saturated heterocycles. The zero-order valence-corrected chi connectivity index (χ0v) is 18.5. The largest absolute Gasteiger partial charge is 0.378 e. The lowest BCUT2D eigenvalue weighted by molar-refractivity contribution is 0.122. The maximum Gasteiger partial charge on any atom is 0.145 e. The van der Waals surface area contributed by atoms with E-state index < -0.39 is 0 Å². The molecule has 32 heavy (non-hydrogen) atoms. The van der Waals surface area contributed by atoms with Gasteiger partial charge in [-0.15, -0.1) is 0 Å². The monoisotopic (exact) mass is 427 g/mol. The summed E-state index contributed by atoms with van der Waals surface area (Å²) >= 11 is 0. The van der Waals surface area contributed by atoms with Crippen molar-refractivity contribution in [2.75, 3.05) is 31.2 Å². The highest BCUT2D eigenvalue weighted by atomic mass is 16.5. The van der Waals surface area contributed by atoms with E-state index in [1.54, 1.807) is 0 Å². The fraction of sp³-hybridized carbons (Fsp3) is 0.308. The number of benzene rings is 1. The fourth-order valence-corrected chi connectivity index (χ4v) is 4.36. The number of fused-ring (bicyclic) bond motifs is 1. The lowest BCUT2D eigenvalue weighted by Gasteiger charge is -2.28. The molecule has 0 unspecified atom stereocenters. The van der Waals surface area contributed by atoms with Crippen LogP contribution in [0.5, 0.6) is 0 Å². The van der Waals surface area contributed by atoms with Gasteiger partial charge in [-0.2, -0.15) is 0 Å². The van der Waals surface area contributed by atoms with E-state index >= 15 is 0 Å². The number of nitrogens with one attached hydrogen (secondary N) is 1. The number of morpholine rings is 1. The number of ether oxygens (including phenoxy) is 1. The Hall–Kier alpha value is -3.22. The maximum atomic E-state index is 5.45. The van der Waals surface area contributed by atoms with Crippen molar-refractivity contribution < 1.29 is 4.74 Å². The average molecular weight is 428 g/mol. The van der Waals surface area contributed by atoms with Crippen molar-refractivity contribution >= 4 is 11.3 Å². The van der Waals surface area contributed by atoms with Gasteiger partial charge in [-0.3, -0.25) is 4.98 Å². The first-order valence-corrected chi connectivity index (χ1v) is 11.3. The number of hydrogen-bond donors (Lipinski definition) is 1. The van der Waals surface area contributed by atoms with Crippen molar-refractivity contribution in [1.82, 2.24) is 19.7 Å². The van der Waals surface area contributed by atoms with Crippen molar-refractivity contribution in [3.05, 3.63) is 84.1 Å². The van der Waals surface area contributed by atoms with Crippen molar-refractivity contribution in [3.63, 3.8) is 0 Å². The highest BCUT2D eigenvalue weighted by Gasteiger charge is 2.14. The second-order valence-corrected chi connectivity index (χ2v) is 8.08. The molecule has 5 rings (SSSR count). The van der Waals surface area contributed by atoms with Crippen molar-refractivity contribution in [2.45, 2.75) is 26.4 Å². The van der Waals surface area contributed by atoms with Gasteiger partial charge in [-0.25, -0.2) is 4.98 Å². The summed E-state index contributed by atoms with van der Waals surface area (Å²) in [5, 5.41) is 3.62. The van der Waals surface area contributed by atoms with Crippen molar-refractivity contribution in [3.8, 4) is 11.1 Å². The van der Waals surface area contributed by atoms with Gasteiger partial charge in [0.2, 0.25) is 0 Å². The first-order valence-electron chi connectivity index (χ1n) is 11.3. The Morgan fingerprint density at radius 3 is 2.50 bits per heavy atom. The molecule has 0 saturated carbocycles. The minimum absolute atomic E-state index is 0.773. The van der Waals surface area contributed by atoms with Gasteiger partial charge in [-0.1, -0.05) is 19.1 Å². The Morgan fingerprint density at radius 2 is 1.75 bits per heavy atom. The molecule has 0 spiro atoms. The Kier molecular flexibility index (Phi) is 6.14. The van der Waals surface area contributed by atoms with Crippen LogP contribution in [0.25, 0.3) is 16.8 Å². The van der Waals surface area contributed by atoms with Crippen LogP contribution in [-0.4, -0.2) is 40.7 Å². The molecule has 1 aromatic carbocycles. The van der Waals surface area contributed by atoms with Gasteiger partial charge >= 0.3 is 0 Å². The first-order chi connectivity index (χ1) is 15.8. The molecular weight excluding hydrogens is 398 g/mol. The summed E-state index contributed by atoms with van der Waals surface area (Å²) in [6.45, 7) is 7.32. The standard InChI is InChI=1S/C26H29N5O/c1-2-24-25(31-13-3-4-23(26(31)29-24)21-9-11-27-12-10-21)19-28-18-20-5-7-22(8-6-20)30-14-16-32-17-15-30/h3-13,28H,2,14-19H2,1H3. The number of anilines is 1. The average Bonchev–Trinajstić information content (AvgIpc) is 3.23. The van der Waals surface area contributed by atoms with Gasteiger partial charge in [0.25, 0.3) is 0 Å². The molecule has 0 amide bonds. The van der Waals surface area contributed by atoms with Crippen molar-refractivity contribution in [1.29, 1.82) is 0 Å². The van der Waals surface area contributed by atoms with Crippen LogP contribution < -0.4 is 10.2 Å². The van der Waals surface area contributed by atoms with Crippen molar-refractivity contribution in [2.24, 2.45) is 0 Å². The van der Waals surface area contributed by atoms with Gasteiger partial charge in [0.1, 0.15) is 5.65 Å². The molecule has 1 N–H and O–H groups in total. The number of aryl methyl sites for hydroxylation is 1. The lowest BCUT2D eigenvalue weighted by Crippen LogP contribution is -2.36. The highest BCUT2D eigenvalue weighted by molar-refractivity contribution is 5.77. The van der Waals surface area contributed by atoms with E-state index in [0.717, 1.165) is 68.3 Å². The molecule has 0 aliphatic carbocycles. The van der Waals surface area contributed by atoms with Gasteiger partial charge in [0, 0.05) is 56.0 Å². The Balaban J connectivity index is 1.31. The molecule has 4 heterocycles. The van der Waals surface area contributed by atoms with Crippen LogP contribution in [0.2, 0.25) is 0 Å². The van der Waals surface area contributed by atoms with E-state index in [-0.39, 0.29) is 0 Å². The van der Waals surface area contributed by atoms with Crippen LogP contribution in [0, 0.1) is 0 Å². The number of nitrogens with zero attached hydrogens (tertiary/aromatic N) is 4. The van der Waals surface area contributed by atoms with Gasteiger partial charge in [-0.05, 0) is 53.9 Å². The maximum absolute atomic E-state index is 5.45. The third kappa shape index (κ3) is 4.24. The van der Waals surface area contributed by atoms with Crippen LogP contribution >= 0.6 is 0 Å². The Labute approximate surface area is 188 Å². The Morgan fingerprint density at radius 1 is 0.969 bits per heavy atom. The molecule has 6 nitrogen and oxygen atoms in total. The molecule has 0 atom stereocenters. The minimum atomic E-state index is 0.773. The van der Waals surface area contributed by atoms with Crippen LogP contribution in [0.4, 0.5) is 5.69 Å². The van der Waals surface area contributed by atoms with Gasteiger partial charge in [0.15, 0.2) is 0 Å². The molecule has 6 heteroatoms. The lowest BCUT2D eigenvalue weighted by atomic mass is 10.1. The molecule has 1 aliphatic heterocycles. The molecule has 1 fully saturated rings. The van der Waals surface area contributed by atoms with E-state index in [4.69, 9.17) is 9.72 Å². The zero-order valence-electron chi connectivity index (χ0n) is 18.5. The van der Waals surface area contributed by atoms with Crippen LogP contribution in [-0.2, 0) is 24.2 Å². The van der Waals surface area contributed by atoms with E-state index in [1.165, 1.54) is 16.9 Å². The van der Waals surface area contributed by atoms with Crippen LogP contribution in [0.3, 0.4) is 0 Å². The van der Waals surface area contributed by atoms with E-state index in [0.29, 0.717) is 0 Å². The highest BCUT2D eigenvalue weighted by Crippen LogP contribution is 2.26. The van der Waals surface area contributed by atoms with E-state index in [2.05, 4.69) is 69.1 Å². The smallest absolute Gasteiger partial charge is 0.145 e. The predicted molar refractivity (Wildman–Crippen MR) is 128 cm³/mol. The molecule has 0 bridgehead atoms. The van der Waals surface area contributed by atoms with Crippen LogP contribution in [0.1, 0.15) is 23.9 Å². The summed E-state index contributed by atoms with van der Waals surface area (Å²) in [5.41, 5.74) is 8.20. The topological polar surface area (TPSA) is 54.7 Å². The third-order valence-electron chi connectivity index (χ3n) is 6.09. The SMILES string of the molecule is CCc1nc2c(-c3ccncc3)cccn2c1CNCc1ccc(N2CCOCC2)cc1. The molecule has 1 aliphatic rings. The molecule has 4 aromatic rings. The number of aromatic nitrogens is 3. The Bertz CT molecular complexity index is 1160. The zero-order chi connectivity index (χ0) is 21.8. The number of rotatable bonds is 7. The second kappa shape index (κ2) is 9.51. The summed E-state index contributed by atoms with van der Waals surface area (Å²) in [6.07, 6.45) is 6.67. The molecule has 3 aromatic heterocycles. The number of pyridine rings is 2. The quantitative estimate of drug-likeness (QED) is 0.482. The predicted octanol–water partition coefficient (Wildman–Crippen LogP) is 4.09. The van der Waals surface area contributed by atoms with Crippen LogP contribution in [0.15, 0.2) is 67.1 Å². The van der Waals surface area contributed by atoms with Gasteiger partial charge in [0.05, 0.1) is 24.6 Å². The second-order valence-electron chi connectivity index (χ2n) is 8.08. The third-order valence-corrected chi connectivity index (χ3v) is 6.09. The first kappa shape index (κ1) is 20.7.